The van der Waals surface area contributed by atoms with E-state index >= 15 is 0 Å². The molecule has 0 amide bonds. The number of rotatable bonds is 0. The second-order valence-electron chi connectivity index (χ2n) is 5.51. The highest BCUT2D eigenvalue weighted by Gasteiger charge is 1.92. The van der Waals surface area contributed by atoms with Crippen LogP contribution in [0.5, 0.6) is 0 Å². The second-order valence-corrected chi connectivity index (χ2v) is 5.51. The molecule has 0 heteroatoms. The van der Waals surface area contributed by atoms with Crippen LogP contribution in [0.3, 0.4) is 0 Å². The topological polar surface area (TPSA) is 0 Å². The van der Waals surface area contributed by atoms with Gasteiger partial charge in [0.05, 0.1) is 0 Å². The SMILES string of the molecule is C.Cc1ccc2ccc(C)cc2c1.Cc1cccc(C)c1. The van der Waals surface area contributed by atoms with Crippen LogP contribution in [0.4, 0.5) is 0 Å². The van der Waals surface area contributed by atoms with Gasteiger partial charge < -0.3 is 0 Å². The van der Waals surface area contributed by atoms with E-state index in [0.717, 1.165) is 0 Å². The van der Waals surface area contributed by atoms with Crippen LogP contribution in [-0.4, -0.2) is 0 Å². The molecule has 0 bridgehead atoms. The van der Waals surface area contributed by atoms with Crippen LogP contribution in [0.2, 0.25) is 0 Å². The van der Waals surface area contributed by atoms with Gasteiger partial charge >= 0.3 is 0 Å². The highest BCUT2D eigenvalue weighted by atomic mass is 14.0. The van der Waals surface area contributed by atoms with Crippen LogP contribution in [-0.2, 0) is 0 Å². The minimum Gasteiger partial charge on any atom is -0.0776 e. The van der Waals surface area contributed by atoms with Crippen LogP contribution >= 0.6 is 0 Å². The Kier molecular flexibility index (Phi) is 6.17. The lowest BCUT2D eigenvalue weighted by Gasteiger charge is -1.99. The first-order valence-electron chi connectivity index (χ1n) is 7.05. The Balaban J connectivity index is 0.000000216. The summed E-state index contributed by atoms with van der Waals surface area (Å²) in [5.74, 6) is 0. The summed E-state index contributed by atoms with van der Waals surface area (Å²) >= 11 is 0. The maximum atomic E-state index is 2.22. The van der Waals surface area contributed by atoms with E-state index in [2.05, 4.69) is 88.4 Å². The molecule has 0 N–H and O–H groups in total. The van der Waals surface area contributed by atoms with E-state index in [9.17, 15) is 0 Å². The lowest BCUT2D eigenvalue weighted by atomic mass is 10.1. The van der Waals surface area contributed by atoms with Gasteiger partial charge in [0.2, 0.25) is 0 Å². The molecular formula is C21H26. The van der Waals surface area contributed by atoms with Crippen molar-refractivity contribution in [3.63, 3.8) is 0 Å². The monoisotopic (exact) mass is 278 g/mol. The quantitative estimate of drug-likeness (QED) is 0.446. The number of aryl methyl sites for hydroxylation is 4. The van der Waals surface area contributed by atoms with E-state index in [0.29, 0.717) is 0 Å². The number of fused-ring (bicyclic) bond motifs is 1. The fraction of sp³-hybridized carbons (Fsp3) is 0.238. The summed E-state index contributed by atoms with van der Waals surface area (Å²) < 4.78 is 0. The van der Waals surface area contributed by atoms with Crippen molar-refractivity contribution < 1.29 is 0 Å². The summed E-state index contributed by atoms with van der Waals surface area (Å²) in [7, 11) is 0. The Bertz CT molecular complexity index is 654. The van der Waals surface area contributed by atoms with Gasteiger partial charge in [0.15, 0.2) is 0 Å². The van der Waals surface area contributed by atoms with Gasteiger partial charge in [-0.3, -0.25) is 0 Å². The highest BCUT2D eigenvalue weighted by Crippen LogP contribution is 2.16. The molecule has 0 radical (unpaired) electrons. The Morgan fingerprint density at radius 1 is 0.476 bits per heavy atom. The summed E-state index contributed by atoms with van der Waals surface area (Å²) in [6.07, 6.45) is 0. The molecule has 0 saturated carbocycles. The maximum Gasteiger partial charge on any atom is -0.0179 e. The van der Waals surface area contributed by atoms with E-state index in [1.165, 1.54) is 33.0 Å². The van der Waals surface area contributed by atoms with Gasteiger partial charge in [-0.15, -0.1) is 0 Å². The molecule has 0 nitrogen and oxygen atoms in total. The largest absolute Gasteiger partial charge is 0.0776 e. The van der Waals surface area contributed by atoms with Crippen LogP contribution in [0, 0.1) is 27.7 Å². The average Bonchev–Trinajstić information content (AvgIpc) is 2.38. The highest BCUT2D eigenvalue weighted by molar-refractivity contribution is 5.83. The average molecular weight is 278 g/mol. The lowest BCUT2D eigenvalue weighted by molar-refractivity contribution is 1.39. The zero-order valence-corrected chi connectivity index (χ0v) is 12.8. The van der Waals surface area contributed by atoms with Crippen molar-refractivity contribution >= 4 is 10.8 Å². The van der Waals surface area contributed by atoms with E-state index in [-0.39, 0.29) is 7.43 Å². The molecular weight excluding hydrogens is 252 g/mol. The van der Waals surface area contributed by atoms with Gasteiger partial charge in [-0.2, -0.15) is 0 Å². The Hall–Kier alpha value is -2.08. The molecule has 110 valence electrons. The summed E-state index contributed by atoms with van der Waals surface area (Å²) in [6, 6.07) is 21.5. The molecule has 3 rings (SSSR count). The molecule has 0 spiro atoms. The second kappa shape index (κ2) is 7.64. The molecule has 0 unspecified atom stereocenters. The first-order chi connectivity index (χ1) is 9.54. The van der Waals surface area contributed by atoms with Crippen molar-refractivity contribution in [2.24, 2.45) is 0 Å². The summed E-state index contributed by atoms with van der Waals surface area (Å²) in [4.78, 5) is 0. The zero-order chi connectivity index (χ0) is 14.5. The number of hydrogen-bond acceptors (Lipinski definition) is 0. The summed E-state index contributed by atoms with van der Waals surface area (Å²) in [5, 5.41) is 2.67. The predicted octanol–water partition coefficient (Wildman–Crippen LogP) is 6.40. The molecule has 0 aliphatic rings. The van der Waals surface area contributed by atoms with Gasteiger partial charge in [-0.1, -0.05) is 90.3 Å². The van der Waals surface area contributed by atoms with Crippen molar-refractivity contribution in [3.8, 4) is 0 Å². The smallest absolute Gasteiger partial charge is 0.0179 e. The normalized spacial score (nSPS) is 9.52. The molecule has 21 heavy (non-hydrogen) atoms. The standard InChI is InChI=1S/C12H12.C8H10.CH4/c1-9-3-5-11-6-4-10(2)8-12(11)7-9;1-7-4-3-5-8(2)6-7;/h3-8H,1-2H3;3-6H,1-2H3;1H4. The van der Waals surface area contributed by atoms with Gasteiger partial charge in [-0.05, 0) is 38.5 Å². The van der Waals surface area contributed by atoms with Crippen LogP contribution < -0.4 is 0 Å². The van der Waals surface area contributed by atoms with Crippen molar-refractivity contribution in [2.45, 2.75) is 35.1 Å². The molecule has 3 aromatic carbocycles. The summed E-state index contributed by atoms with van der Waals surface area (Å²) in [6.45, 7) is 8.46. The van der Waals surface area contributed by atoms with Gasteiger partial charge in [0.25, 0.3) is 0 Å². The third-order valence-electron chi connectivity index (χ3n) is 3.32. The predicted molar refractivity (Wildman–Crippen MR) is 96.1 cm³/mol. The molecule has 0 heterocycles. The van der Waals surface area contributed by atoms with Gasteiger partial charge in [0.1, 0.15) is 0 Å². The summed E-state index contributed by atoms with van der Waals surface area (Å²) in [5.41, 5.74) is 5.33. The Morgan fingerprint density at radius 2 is 0.905 bits per heavy atom. The lowest BCUT2D eigenvalue weighted by Crippen LogP contribution is -1.76. The first kappa shape index (κ1) is 17.0. The first-order valence-corrected chi connectivity index (χ1v) is 7.05. The Labute approximate surface area is 129 Å². The minimum atomic E-state index is 0. The van der Waals surface area contributed by atoms with Crippen molar-refractivity contribution in [1.82, 2.24) is 0 Å². The van der Waals surface area contributed by atoms with Crippen molar-refractivity contribution in [3.05, 3.63) is 82.9 Å². The molecule has 0 aliphatic heterocycles. The minimum absolute atomic E-state index is 0. The molecule has 0 aliphatic carbocycles. The zero-order valence-electron chi connectivity index (χ0n) is 12.8. The Morgan fingerprint density at radius 3 is 1.29 bits per heavy atom. The third kappa shape index (κ3) is 5.07. The number of benzene rings is 3. The van der Waals surface area contributed by atoms with Gasteiger partial charge in [-0.25, -0.2) is 0 Å². The molecule has 0 fully saturated rings. The molecule has 0 atom stereocenters. The molecule has 0 aromatic heterocycles. The third-order valence-corrected chi connectivity index (χ3v) is 3.32. The molecule has 3 aromatic rings. The van der Waals surface area contributed by atoms with Gasteiger partial charge in [0, 0.05) is 0 Å². The van der Waals surface area contributed by atoms with E-state index in [1.54, 1.807) is 0 Å². The number of hydrogen-bond donors (Lipinski definition) is 0. The molecule has 0 saturated heterocycles. The van der Waals surface area contributed by atoms with E-state index < -0.39 is 0 Å². The van der Waals surface area contributed by atoms with Crippen molar-refractivity contribution in [2.75, 3.05) is 0 Å². The van der Waals surface area contributed by atoms with E-state index in [4.69, 9.17) is 0 Å². The van der Waals surface area contributed by atoms with Crippen LogP contribution in [0.1, 0.15) is 29.7 Å². The maximum absolute atomic E-state index is 2.22. The fourth-order valence-corrected chi connectivity index (χ4v) is 2.29. The van der Waals surface area contributed by atoms with Crippen LogP contribution in [0.15, 0.2) is 60.7 Å². The fourth-order valence-electron chi connectivity index (χ4n) is 2.29. The van der Waals surface area contributed by atoms with E-state index in [1.807, 2.05) is 0 Å². The van der Waals surface area contributed by atoms with Crippen molar-refractivity contribution in [1.29, 1.82) is 0 Å². The van der Waals surface area contributed by atoms with Crippen LogP contribution in [0.25, 0.3) is 10.8 Å².